The van der Waals surface area contributed by atoms with E-state index >= 15 is 0 Å². The third kappa shape index (κ3) is 3.32. The van der Waals surface area contributed by atoms with E-state index in [-0.39, 0.29) is 30.7 Å². The molecule has 31 heavy (non-hydrogen) atoms. The van der Waals surface area contributed by atoms with Gasteiger partial charge in [0.1, 0.15) is 11.7 Å². The number of nitrogens with one attached hydrogen (secondary N) is 3. The number of amides is 4. The number of aromatic amines is 1. The van der Waals surface area contributed by atoms with E-state index in [0.29, 0.717) is 23.4 Å². The number of hydrogen-bond acceptors (Lipinski definition) is 4. The molecule has 8 heteroatoms. The van der Waals surface area contributed by atoms with Crippen LogP contribution in [0.1, 0.15) is 68.9 Å². The fourth-order valence-corrected chi connectivity index (χ4v) is 4.93. The minimum Gasteiger partial charge on any atom is -0.354 e. The molecule has 1 aliphatic carbocycles. The molecule has 1 aromatic heterocycles. The van der Waals surface area contributed by atoms with Gasteiger partial charge in [-0.05, 0) is 73.9 Å². The number of piperidine rings is 1. The van der Waals surface area contributed by atoms with E-state index < -0.39 is 11.9 Å². The van der Waals surface area contributed by atoms with Crippen LogP contribution in [0, 0.1) is 6.92 Å². The van der Waals surface area contributed by atoms with Crippen molar-refractivity contribution in [3.63, 3.8) is 0 Å². The van der Waals surface area contributed by atoms with Crippen LogP contribution in [-0.2, 0) is 29.0 Å². The molecule has 0 spiro atoms. The number of carbonyl (C=O) groups excluding carboxylic acids is 4. The molecule has 4 amide bonds. The number of carbonyl (C=O) groups is 4. The summed E-state index contributed by atoms with van der Waals surface area (Å²) in [6, 6.07) is 4.53. The van der Waals surface area contributed by atoms with Gasteiger partial charge >= 0.3 is 0 Å². The second kappa shape index (κ2) is 7.37. The number of fused-ring (bicyclic) bond motifs is 2. The van der Waals surface area contributed by atoms with Crippen molar-refractivity contribution in [2.45, 2.75) is 58.0 Å². The van der Waals surface area contributed by atoms with Crippen LogP contribution in [0.15, 0.2) is 18.2 Å². The first-order valence-electron chi connectivity index (χ1n) is 10.7. The van der Waals surface area contributed by atoms with Gasteiger partial charge in [0, 0.05) is 29.9 Å². The zero-order valence-electron chi connectivity index (χ0n) is 17.3. The summed E-state index contributed by atoms with van der Waals surface area (Å²) < 4.78 is 0. The highest BCUT2D eigenvalue weighted by atomic mass is 16.2. The molecule has 1 atom stereocenters. The summed E-state index contributed by atoms with van der Waals surface area (Å²) in [5.41, 5.74) is 5.91. The Morgan fingerprint density at radius 2 is 1.94 bits per heavy atom. The van der Waals surface area contributed by atoms with Gasteiger partial charge in [-0.3, -0.25) is 24.5 Å². The van der Waals surface area contributed by atoms with E-state index in [2.05, 4.69) is 15.6 Å². The third-order valence-electron chi connectivity index (χ3n) is 6.58. The maximum absolute atomic E-state index is 12.9. The third-order valence-corrected chi connectivity index (χ3v) is 6.58. The molecule has 2 aliphatic heterocycles. The Bertz CT molecular complexity index is 1130. The molecule has 0 bridgehead atoms. The SMILES string of the molecule is Cc1c(C(=O)Nc2ccc3c(c2)CN(C2CCC(=O)NC2=O)C3=O)[nH]c2c1CCCC2. The fourth-order valence-electron chi connectivity index (χ4n) is 4.93. The van der Waals surface area contributed by atoms with E-state index in [0.717, 1.165) is 42.5 Å². The van der Waals surface area contributed by atoms with Crippen LogP contribution in [0.5, 0.6) is 0 Å². The number of benzene rings is 1. The summed E-state index contributed by atoms with van der Waals surface area (Å²) in [4.78, 5) is 54.1. The van der Waals surface area contributed by atoms with Crippen molar-refractivity contribution < 1.29 is 19.2 Å². The smallest absolute Gasteiger partial charge is 0.272 e. The number of aryl methyl sites for hydroxylation is 1. The lowest BCUT2D eigenvalue weighted by Gasteiger charge is -2.29. The zero-order valence-corrected chi connectivity index (χ0v) is 17.3. The summed E-state index contributed by atoms with van der Waals surface area (Å²) in [7, 11) is 0. The molecular formula is C23H24N4O4. The van der Waals surface area contributed by atoms with Gasteiger partial charge < -0.3 is 15.2 Å². The van der Waals surface area contributed by atoms with E-state index in [1.807, 2.05) is 6.92 Å². The lowest BCUT2D eigenvalue weighted by atomic mass is 9.95. The highest BCUT2D eigenvalue weighted by molar-refractivity contribution is 6.07. The molecular weight excluding hydrogens is 396 g/mol. The van der Waals surface area contributed by atoms with Gasteiger partial charge in [-0.15, -0.1) is 0 Å². The highest BCUT2D eigenvalue weighted by Gasteiger charge is 2.39. The predicted octanol–water partition coefficient (Wildman–Crippen LogP) is 2.22. The van der Waals surface area contributed by atoms with Gasteiger partial charge in [-0.2, -0.15) is 0 Å². The number of H-pyrrole nitrogens is 1. The summed E-state index contributed by atoms with van der Waals surface area (Å²) in [5, 5.41) is 5.24. The molecule has 1 saturated heterocycles. The standard InChI is InChI=1S/C23H24N4O4/c1-12-15-4-2-3-5-17(15)25-20(12)22(30)24-14-6-7-16-13(10-14)11-27(23(16)31)18-8-9-19(28)26-21(18)29/h6-7,10,18,25H,2-5,8-9,11H2,1H3,(H,24,30)(H,26,28,29). The molecule has 5 rings (SSSR count). The van der Waals surface area contributed by atoms with Gasteiger partial charge in [0.2, 0.25) is 11.8 Å². The fraction of sp³-hybridized carbons (Fsp3) is 0.391. The highest BCUT2D eigenvalue weighted by Crippen LogP contribution is 2.30. The number of hydrogen-bond donors (Lipinski definition) is 3. The molecule has 0 saturated carbocycles. The average molecular weight is 420 g/mol. The van der Waals surface area contributed by atoms with Crippen LogP contribution in [0.4, 0.5) is 5.69 Å². The number of nitrogens with zero attached hydrogens (tertiary/aromatic N) is 1. The minimum atomic E-state index is -0.650. The lowest BCUT2D eigenvalue weighted by Crippen LogP contribution is -2.52. The lowest BCUT2D eigenvalue weighted by molar-refractivity contribution is -0.136. The monoisotopic (exact) mass is 420 g/mol. The Kier molecular flexibility index (Phi) is 4.64. The largest absolute Gasteiger partial charge is 0.354 e. The van der Waals surface area contributed by atoms with Crippen LogP contribution >= 0.6 is 0 Å². The molecule has 0 radical (unpaired) electrons. The maximum Gasteiger partial charge on any atom is 0.272 e. The molecule has 160 valence electrons. The van der Waals surface area contributed by atoms with Crippen molar-refractivity contribution in [1.29, 1.82) is 0 Å². The summed E-state index contributed by atoms with van der Waals surface area (Å²) in [6.07, 6.45) is 4.80. The predicted molar refractivity (Wildman–Crippen MR) is 113 cm³/mol. The summed E-state index contributed by atoms with van der Waals surface area (Å²) in [6.45, 7) is 2.26. The molecule has 1 unspecified atom stereocenters. The normalized spacial score (nSPS) is 20.4. The van der Waals surface area contributed by atoms with Gasteiger partial charge in [0.15, 0.2) is 0 Å². The van der Waals surface area contributed by atoms with Gasteiger partial charge in [0.25, 0.3) is 11.8 Å². The number of anilines is 1. The van der Waals surface area contributed by atoms with Crippen molar-refractivity contribution >= 4 is 29.3 Å². The second-order valence-corrected chi connectivity index (χ2v) is 8.52. The second-order valence-electron chi connectivity index (χ2n) is 8.52. The van der Waals surface area contributed by atoms with Gasteiger partial charge in [-0.1, -0.05) is 0 Å². The van der Waals surface area contributed by atoms with Crippen molar-refractivity contribution in [3.05, 3.63) is 51.8 Å². The molecule has 3 aliphatic rings. The molecule has 3 N–H and O–H groups in total. The van der Waals surface area contributed by atoms with Crippen LogP contribution in [-0.4, -0.2) is 39.6 Å². The van der Waals surface area contributed by atoms with Gasteiger partial charge in [-0.25, -0.2) is 0 Å². The maximum atomic E-state index is 12.9. The Labute approximate surface area is 179 Å². The van der Waals surface area contributed by atoms with Gasteiger partial charge in [0.05, 0.1) is 0 Å². The van der Waals surface area contributed by atoms with Crippen LogP contribution in [0.2, 0.25) is 0 Å². The molecule has 3 heterocycles. The summed E-state index contributed by atoms with van der Waals surface area (Å²) >= 11 is 0. The van der Waals surface area contributed by atoms with E-state index in [9.17, 15) is 19.2 Å². The Morgan fingerprint density at radius 3 is 2.71 bits per heavy atom. The van der Waals surface area contributed by atoms with Crippen molar-refractivity contribution in [2.24, 2.45) is 0 Å². The first-order valence-corrected chi connectivity index (χ1v) is 10.7. The Balaban J connectivity index is 1.34. The first kappa shape index (κ1) is 19.5. The average Bonchev–Trinajstić information content (AvgIpc) is 3.25. The van der Waals surface area contributed by atoms with E-state index in [1.165, 1.54) is 10.5 Å². The molecule has 2 aromatic rings. The molecule has 1 aromatic carbocycles. The van der Waals surface area contributed by atoms with Crippen LogP contribution in [0.25, 0.3) is 0 Å². The number of aromatic nitrogens is 1. The Morgan fingerprint density at radius 1 is 1.13 bits per heavy atom. The van der Waals surface area contributed by atoms with Crippen LogP contribution in [0.3, 0.4) is 0 Å². The number of rotatable bonds is 3. The first-order chi connectivity index (χ1) is 14.9. The number of imide groups is 1. The topological polar surface area (TPSA) is 111 Å². The van der Waals surface area contributed by atoms with E-state index in [4.69, 9.17) is 0 Å². The van der Waals surface area contributed by atoms with Crippen molar-refractivity contribution in [1.82, 2.24) is 15.2 Å². The molecule has 1 fully saturated rings. The van der Waals surface area contributed by atoms with Crippen LogP contribution < -0.4 is 10.6 Å². The van der Waals surface area contributed by atoms with E-state index in [1.54, 1.807) is 18.2 Å². The Hall–Kier alpha value is -3.42. The molecule has 8 nitrogen and oxygen atoms in total. The minimum absolute atomic E-state index is 0.196. The quantitative estimate of drug-likeness (QED) is 0.661. The van der Waals surface area contributed by atoms with Crippen molar-refractivity contribution in [3.8, 4) is 0 Å². The summed E-state index contributed by atoms with van der Waals surface area (Å²) in [5.74, 6) is -1.16. The van der Waals surface area contributed by atoms with Crippen molar-refractivity contribution in [2.75, 3.05) is 5.32 Å². The zero-order chi connectivity index (χ0) is 21.7.